The number of ether oxygens (including phenoxy) is 1. The van der Waals surface area contributed by atoms with Crippen molar-refractivity contribution in [3.05, 3.63) is 0 Å². The number of β-amino-alcohol motifs (C(OH)–C–C–N with tert-alkyl or cyclic N) is 1. The fraction of sp³-hybridized carbons (Fsp3) is 0.917. The van der Waals surface area contributed by atoms with E-state index in [4.69, 9.17) is 4.74 Å². The minimum absolute atomic E-state index is 0.121. The molecule has 0 aromatic heterocycles. The summed E-state index contributed by atoms with van der Waals surface area (Å²) in [5.41, 5.74) is -0.681. The molecule has 18 heavy (non-hydrogen) atoms. The topological polar surface area (TPSA) is 65.0 Å². The highest BCUT2D eigenvalue weighted by Crippen LogP contribution is 2.15. The Hall–Kier alpha value is -0.690. The summed E-state index contributed by atoms with van der Waals surface area (Å²) in [7, 11) is 1.88. The molecule has 0 bridgehead atoms. The lowest BCUT2D eigenvalue weighted by Crippen LogP contribution is -2.49. The zero-order chi connectivity index (χ0) is 13.0. The van der Waals surface area contributed by atoms with Crippen LogP contribution in [0.4, 0.5) is 0 Å². The number of rotatable bonds is 4. The third kappa shape index (κ3) is 3.65. The van der Waals surface area contributed by atoms with Crippen LogP contribution in [0.1, 0.15) is 6.42 Å². The summed E-state index contributed by atoms with van der Waals surface area (Å²) >= 11 is 0. The van der Waals surface area contributed by atoms with Crippen LogP contribution in [0.3, 0.4) is 0 Å². The van der Waals surface area contributed by atoms with Crippen LogP contribution in [0.5, 0.6) is 0 Å². The normalized spacial score (nSPS) is 28.9. The molecule has 0 aromatic carbocycles. The van der Waals surface area contributed by atoms with E-state index < -0.39 is 5.60 Å². The van der Waals surface area contributed by atoms with Gasteiger partial charge < -0.3 is 20.1 Å². The van der Waals surface area contributed by atoms with E-state index >= 15 is 0 Å². The predicted molar refractivity (Wildman–Crippen MR) is 67.3 cm³/mol. The van der Waals surface area contributed by atoms with Gasteiger partial charge in [-0.05, 0) is 20.0 Å². The van der Waals surface area contributed by atoms with Gasteiger partial charge in [-0.25, -0.2) is 0 Å². The largest absolute Gasteiger partial charge is 0.387 e. The number of nitrogens with zero attached hydrogens (tertiary/aromatic N) is 2. The first kappa shape index (κ1) is 13.7. The molecule has 1 unspecified atom stereocenters. The number of nitrogens with one attached hydrogen (secondary N) is 1. The van der Waals surface area contributed by atoms with Crippen LogP contribution in [-0.4, -0.2) is 85.9 Å². The van der Waals surface area contributed by atoms with Crippen LogP contribution in [0.25, 0.3) is 0 Å². The zero-order valence-electron chi connectivity index (χ0n) is 11.0. The van der Waals surface area contributed by atoms with Gasteiger partial charge in [-0.3, -0.25) is 9.69 Å². The zero-order valence-corrected chi connectivity index (χ0v) is 11.0. The lowest BCUT2D eigenvalue weighted by Gasteiger charge is -2.31. The summed E-state index contributed by atoms with van der Waals surface area (Å²) in [6.07, 6.45) is 0.753. The average molecular weight is 257 g/mol. The number of morpholine rings is 1. The van der Waals surface area contributed by atoms with Crippen molar-refractivity contribution in [2.45, 2.75) is 12.0 Å². The fourth-order valence-electron chi connectivity index (χ4n) is 2.57. The Morgan fingerprint density at radius 2 is 2.22 bits per heavy atom. The number of carbonyl (C=O) groups excluding carboxylic acids is 1. The molecule has 1 atom stereocenters. The second-order valence-electron chi connectivity index (χ2n) is 5.32. The molecule has 2 N–H and O–H groups in total. The number of aliphatic hydroxyl groups is 1. The Bertz CT molecular complexity index is 286. The molecular formula is C12H23N3O3. The Balaban J connectivity index is 1.75. The fourth-order valence-corrected chi connectivity index (χ4v) is 2.57. The highest BCUT2D eigenvalue weighted by Gasteiger charge is 2.32. The van der Waals surface area contributed by atoms with Crippen LogP contribution in [-0.2, 0) is 9.53 Å². The highest BCUT2D eigenvalue weighted by atomic mass is 16.5. The SMILES string of the molecule is CN(CC(=O)N1CCOCC1)CC1(O)CCNC1. The lowest BCUT2D eigenvalue weighted by atomic mass is 10.0. The number of hydrogen-bond acceptors (Lipinski definition) is 5. The van der Waals surface area contributed by atoms with Crippen molar-refractivity contribution in [2.75, 3.05) is 59.5 Å². The van der Waals surface area contributed by atoms with Gasteiger partial charge in [0.1, 0.15) is 0 Å². The van der Waals surface area contributed by atoms with Crippen molar-refractivity contribution in [1.82, 2.24) is 15.1 Å². The van der Waals surface area contributed by atoms with Gasteiger partial charge in [0.15, 0.2) is 0 Å². The van der Waals surface area contributed by atoms with Gasteiger partial charge in [0.25, 0.3) is 0 Å². The van der Waals surface area contributed by atoms with E-state index in [9.17, 15) is 9.90 Å². The molecule has 2 saturated heterocycles. The minimum Gasteiger partial charge on any atom is -0.387 e. The van der Waals surface area contributed by atoms with Crippen molar-refractivity contribution in [3.63, 3.8) is 0 Å². The molecule has 2 heterocycles. The number of likely N-dealkylation sites (N-methyl/N-ethyl adjacent to an activating group) is 1. The summed E-state index contributed by atoms with van der Waals surface area (Å²) in [4.78, 5) is 15.8. The Labute approximate surface area is 108 Å². The molecular weight excluding hydrogens is 234 g/mol. The maximum atomic E-state index is 12.0. The average Bonchev–Trinajstić information content (AvgIpc) is 2.76. The molecule has 0 radical (unpaired) electrons. The van der Waals surface area contributed by atoms with E-state index in [1.165, 1.54) is 0 Å². The lowest BCUT2D eigenvalue weighted by molar-refractivity contribution is -0.136. The van der Waals surface area contributed by atoms with Gasteiger partial charge in [0.2, 0.25) is 5.91 Å². The van der Waals surface area contributed by atoms with Crippen molar-refractivity contribution >= 4 is 5.91 Å². The van der Waals surface area contributed by atoms with Crippen molar-refractivity contribution in [1.29, 1.82) is 0 Å². The summed E-state index contributed by atoms with van der Waals surface area (Å²) in [6, 6.07) is 0. The Kier molecular flexibility index (Phi) is 4.55. The predicted octanol–water partition coefficient (Wildman–Crippen LogP) is -1.50. The first-order chi connectivity index (χ1) is 8.59. The number of carbonyl (C=O) groups is 1. The monoisotopic (exact) mass is 257 g/mol. The smallest absolute Gasteiger partial charge is 0.236 e. The number of amides is 1. The molecule has 2 aliphatic heterocycles. The second-order valence-corrected chi connectivity index (χ2v) is 5.32. The first-order valence-corrected chi connectivity index (χ1v) is 6.56. The molecule has 2 fully saturated rings. The maximum absolute atomic E-state index is 12.0. The molecule has 104 valence electrons. The molecule has 2 aliphatic rings. The molecule has 2 rings (SSSR count). The van der Waals surface area contributed by atoms with Gasteiger partial charge in [-0.15, -0.1) is 0 Å². The number of hydrogen-bond donors (Lipinski definition) is 2. The summed E-state index contributed by atoms with van der Waals surface area (Å²) < 4.78 is 5.22. The molecule has 6 nitrogen and oxygen atoms in total. The van der Waals surface area contributed by atoms with Gasteiger partial charge >= 0.3 is 0 Å². The van der Waals surface area contributed by atoms with Crippen LogP contribution >= 0.6 is 0 Å². The molecule has 0 spiro atoms. The van der Waals surface area contributed by atoms with Crippen molar-refractivity contribution < 1.29 is 14.6 Å². The van der Waals surface area contributed by atoms with Crippen LogP contribution in [0.2, 0.25) is 0 Å². The van der Waals surface area contributed by atoms with E-state index in [0.717, 1.165) is 13.0 Å². The first-order valence-electron chi connectivity index (χ1n) is 6.56. The van der Waals surface area contributed by atoms with Crippen molar-refractivity contribution in [3.8, 4) is 0 Å². The Morgan fingerprint density at radius 3 is 2.83 bits per heavy atom. The van der Waals surface area contributed by atoms with Crippen LogP contribution < -0.4 is 5.32 Å². The van der Waals surface area contributed by atoms with Crippen LogP contribution in [0, 0.1) is 0 Å². The highest BCUT2D eigenvalue weighted by molar-refractivity contribution is 5.78. The molecule has 0 aliphatic carbocycles. The molecule has 6 heteroatoms. The van der Waals surface area contributed by atoms with Gasteiger partial charge in [-0.1, -0.05) is 0 Å². The summed E-state index contributed by atoms with van der Waals surface area (Å²) in [5.74, 6) is 0.121. The molecule has 0 saturated carbocycles. The van der Waals surface area contributed by atoms with Gasteiger partial charge in [0.05, 0.1) is 25.4 Å². The van der Waals surface area contributed by atoms with E-state index in [0.29, 0.717) is 45.9 Å². The third-order valence-electron chi connectivity index (χ3n) is 3.55. The minimum atomic E-state index is -0.681. The molecule has 1 amide bonds. The van der Waals surface area contributed by atoms with Crippen molar-refractivity contribution in [2.24, 2.45) is 0 Å². The quantitative estimate of drug-likeness (QED) is 0.642. The summed E-state index contributed by atoms with van der Waals surface area (Å²) in [5, 5.41) is 13.4. The third-order valence-corrected chi connectivity index (χ3v) is 3.55. The van der Waals surface area contributed by atoms with E-state index in [-0.39, 0.29) is 5.91 Å². The van der Waals surface area contributed by atoms with E-state index in [1.54, 1.807) is 0 Å². The molecule has 0 aromatic rings. The standard InChI is InChI=1S/C12H23N3O3/c1-14(10-12(17)2-3-13-9-12)8-11(16)15-4-6-18-7-5-15/h13,17H,2-10H2,1H3. The van der Waals surface area contributed by atoms with Gasteiger partial charge in [-0.2, -0.15) is 0 Å². The van der Waals surface area contributed by atoms with Crippen LogP contribution in [0.15, 0.2) is 0 Å². The van der Waals surface area contributed by atoms with E-state index in [1.807, 2.05) is 16.8 Å². The maximum Gasteiger partial charge on any atom is 0.236 e. The van der Waals surface area contributed by atoms with E-state index in [2.05, 4.69) is 5.32 Å². The second kappa shape index (κ2) is 5.97. The Morgan fingerprint density at radius 1 is 1.50 bits per heavy atom. The van der Waals surface area contributed by atoms with Gasteiger partial charge in [0, 0.05) is 26.2 Å². The summed E-state index contributed by atoms with van der Waals surface area (Å²) in [6.45, 7) is 4.98.